The van der Waals surface area contributed by atoms with Crippen molar-refractivity contribution in [2.45, 2.75) is 0 Å². The molecule has 0 bridgehead atoms. The van der Waals surface area contributed by atoms with E-state index in [1.807, 2.05) is 30.3 Å². The molecule has 0 amide bonds. The van der Waals surface area contributed by atoms with Gasteiger partial charge in [0.1, 0.15) is 0 Å². The monoisotopic (exact) mass is 577 g/mol. The Hall–Kier alpha value is -5.93. The van der Waals surface area contributed by atoms with Crippen molar-refractivity contribution in [1.82, 2.24) is 4.57 Å². The van der Waals surface area contributed by atoms with Crippen molar-refractivity contribution < 1.29 is 9.53 Å². The summed E-state index contributed by atoms with van der Waals surface area (Å²) in [6.07, 6.45) is 0. The molecule has 1 aromatic heterocycles. The van der Waals surface area contributed by atoms with Crippen molar-refractivity contribution >= 4 is 38.5 Å². The summed E-state index contributed by atoms with van der Waals surface area (Å²) < 4.78 is 7.63. The van der Waals surface area contributed by atoms with Gasteiger partial charge in [-0.25, -0.2) is 4.79 Å². The molecule has 7 aromatic carbocycles. The third-order valence-corrected chi connectivity index (χ3v) is 9.28. The number of methoxy groups -OCH3 is 1. The van der Waals surface area contributed by atoms with E-state index in [0.717, 1.165) is 39.0 Å². The Balaban J connectivity index is 1.44. The van der Waals surface area contributed by atoms with Crippen LogP contribution in [0.25, 0.3) is 82.8 Å². The second-order valence-corrected chi connectivity index (χ2v) is 11.6. The zero-order valence-corrected chi connectivity index (χ0v) is 24.6. The van der Waals surface area contributed by atoms with Crippen LogP contribution in [0.1, 0.15) is 10.4 Å². The van der Waals surface area contributed by atoms with Crippen LogP contribution in [0.4, 0.5) is 0 Å². The van der Waals surface area contributed by atoms with E-state index in [-0.39, 0.29) is 5.97 Å². The Morgan fingerprint density at radius 3 is 1.93 bits per heavy atom. The zero-order chi connectivity index (χ0) is 30.1. The molecule has 0 aliphatic heterocycles. The lowest BCUT2D eigenvalue weighted by Crippen LogP contribution is -2.04. The first-order chi connectivity index (χ1) is 22.2. The zero-order valence-electron chi connectivity index (χ0n) is 24.6. The van der Waals surface area contributed by atoms with E-state index in [4.69, 9.17) is 4.74 Å². The molecule has 0 saturated heterocycles. The average Bonchev–Trinajstić information content (AvgIpc) is 3.39. The Morgan fingerprint density at radius 1 is 0.489 bits per heavy atom. The van der Waals surface area contributed by atoms with Crippen LogP contribution < -0.4 is 0 Å². The van der Waals surface area contributed by atoms with Crippen LogP contribution >= 0.6 is 0 Å². The van der Waals surface area contributed by atoms with Crippen molar-refractivity contribution in [2.24, 2.45) is 0 Å². The van der Waals surface area contributed by atoms with Crippen LogP contribution in [0.3, 0.4) is 0 Å². The number of hydrogen-bond acceptors (Lipinski definition) is 2. The number of rotatable bonds is 4. The van der Waals surface area contributed by atoms with Gasteiger partial charge in [-0.3, -0.25) is 0 Å². The van der Waals surface area contributed by atoms with Crippen molar-refractivity contribution in [3.8, 4) is 50.2 Å². The molecule has 0 N–H and O–H groups in total. The third-order valence-electron chi connectivity index (χ3n) is 9.28. The van der Waals surface area contributed by atoms with E-state index in [9.17, 15) is 4.79 Å². The van der Waals surface area contributed by atoms with Gasteiger partial charge in [0.15, 0.2) is 0 Å². The molecule has 0 unspecified atom stereocenters. The fourth-order valence-electron chi connectivity index (χ4n) is 7.35. The number of aromatic nitrogens is 1. The molecule has 0 saturated carbocycles. The fourth-order valence-corrected chi connectivity index (χ4v) is 7.35. The number of ether oxygens (including phenoxy) is 1. The molecule has 212 valence electrons. The van der Waals surface area contributed by atoms with Gasteiger partial charge in [0.25, 0.3) is 0 Å². The summed E-state index contributed by atoms with van der Waals surface area (Å²) >= 11 is 0. The minimum Gasteiger partial charge on any atom is -0.465 e. The minimum atomic E-state index is -0.341. The molecule has 0 radical (unpaired) electrons. The molecule has 1 aliphatic rings. The molecule has 3 nitrogen and oxygen atoms in total. The maximum absolute atomic E-state index is 13.0. The lowest BCUT2D eigenvalue weighted by molar-refractivity contribution is 0.0601. The van der Waals surface area contributed by atoms with Crippen molar-refractivity contribution in [3.63, 3.8) is 0 Å². The van der Waals surface area contributed by atoms with Crippen LogP contribution in [-0.2, 0) is 4.74 Å². The average molecular weight is 578 g/mol. The summed E-state index contributed by atoms with van der Waals surface area (Å²) in [5.41, 5.74) is 12.9. The van der Waals surface area contributed by atoms with E-state index < -0.39 is 0 Å². The quantitative estimate of drug-likeness (QED) is 0.195. The standard InChI is InChI=1S/C42H27NO2/c1-45-42(44)35-16-8-6-14-31(35)34-23-25-37-41-39(34)33-15-7-5-13-30(33)32-17-9-12-28-20-24-36(40(41)38(28)32)43(37)29-21-18-27(19-22-29)26-10-3-2-4-11-26/h2-25H,1H3. The highest BCUT2D eigenvalue weighted by molar-refractivity contribution is 6.32. The second kappa shape index (κ2) is 9.80. The maximum Gasteiger partial charge on any atom is 0.338 e. The number of carbonyl (C=O) groups excluding carboxylic acids is 1. The van der Waals surface area contributed by atoms with E-state index in [0.29, 0.717) is 5.56 Å². The molecule has 45 heavy (non-hydrogen) atoms. The minimum absolute atomic E-state index is 0.341. The lowest BCUT2D eigenvalue weighted by Gasteiger charge is -2.18. The highest BCUT2D eigenvalue weighted by Gasteiger charge is 2.28. The van der Waals surface area contributed by atoms with Gasteiger partial charge in [-0.2, -0.15) is 0 Å². The summed E-state index contributed by atoms with van der Waals surface area (Å²) in [4.78, 5) is 13.0. The van der Waals surface area contributed by atoms with Gasteiger partial charge in [0.05, 0.1) is 23.7 Å². The molecule has 3 heteroatoms. The Kier molecular flexibility index (Phi) is 5.56. The predicted octanol–water partition coefficient (Wildman–Crippen LogP) is 10.7. The Morgan fingerprint density at radius 2 is 1.13 bits per heavy atom. The summed E-state index contributed by atoms with van der Waals surface area (Å²) in [7, 11) is 1.44. The van der Waals surface area contributed by atoms with Gasteiger partial charge >= 0.3 is 5.97 Å². The van der Waals surface area contributed by atoms with E-state index in [2.05, 4.69) is 120 Å². The molecule has 1 aliphatic carbocycles. The normalized spacial score (nSPS) is 11.8. The highest BCUT2D eigenvalue weighted by Crippen LogP contribution is 2.52. The fraction of sp³-hybridized carbons (Fsp3) is 0.0238. The largest absolute Gasteiger partial charge is 0.465 e. The Labute approximate surface area is 260 Å². The highest BCUT2D eigenvalue weighted by atomic mass is 16.5. The molecule has 8 aromatic rings. The van der Waals surface area contributed by atoms with Crippen LogP contribution in [0, 0.1) is 0 Å². The van der Waals surface area contributed by atoms with Crippen molar-refractivity contribution in [1.29, 1.82) is 0 Å². The first kappa shape index (κ1) is 25.6. The molecular formula is C42H27NO2. The van der Waals surface area contributed by atoms with Gasteiger partial charge in [-0.1, -0.05) is 115 Å². The third kappa shape index (κ3) is 3.68. The van der Waals surface area contributed by atoms with Gasteiger partial charge in [-0.05, 0) is 80.0 Å². The van der Waals surface area contributed by atoms with Crippen LogP contribution in [0.2, 0.25) is 0 Å². The van der Waals surface area contributed by atoms with Crippen LogP contribution in [-0.4, -0.2) is 17.6 Å². The van der Waals surface area contributed by atoms with Gasteiger partial charge in [-0.15, -0.1) is 0 Å². The Bertz CT molecular complexity index is 2470. The van der Waals surface area contributed by atoms with E-state index in [1.165, 1.54) is 50.9 Å². The molecular weight excluding hydrogens is 550 g/mol. The smallest absolute Gasteiger partial charge is 0.338 e. The first-order valence-electron chi connectivity index (χ1n) is 15.2. The summed E-state index contributed by atoms with van der Waals surface area (Å²) in [6.45, 7) is 0. The first-order valence-corrected chi connectivity index (χ1v) is 15.2. The molecule has 0 fully saturated rings. The lowest BCUT2D eigenvalue weighted by atomic mass is 9.87. The predicted molar refractivity (Wildman–Crippen MR) is 185 cm³/mol. The summed E-state index contributed by atoms with van der Waals surface area (Å²) in [6, 6.07) is 51.3. The molecule has 9 rings (SSSR count). The molecule has 0 atom stereocenters. The number of esters is 1. The number of fused-ring (bicyclic) bond motifs is 3. The van der Waals surface area contributed by atoms with Gasteiger partial charge < -0.3 is 9.30 Å². The summed E-state index contributed by atoms with van der Waals surface area (Å²) in [5, 5.41) is 4.89. The second-order valence-electron chi connectivity index (χ2n) is 11.6. The van der Waals surface area contributed by atoms with Crippen molar-refractivity contribution in [3.05, 3.63) is 151 Å². The topological polar surface area (TPSA) is 31.2 Å². The van der Waals surface area contributed by atoms with E-state index in [1.54, 1.807) is 0 Å². The van der Waals surface area contributed by atoms with Crippen LogP contribution in [0.15, 0.2) is 146 Å². The maximum atomic E-state index is 13.0. The van der Waals surface area contributed by atoms with E-state index >= 15 is 0 Å². The number of benzene rings is 7. The van der Waals surface area contributed by atoms with Gasteiger partial charge in [0.2, 0.25) is 0 Å². The van der Waals surface area contributed by atoms with Gasteiger partial charge in [0, 0.05) is 22.0 Å². The number of hydrogen-bond donors (Lipinski definition) is 0. The molecule has 0 spiro atoms. The van der Waals surface area contributed by atoms with Crippen LogP contribution in [0.5, 0.6) is 0 Å². The van der Waals surface area contributed by atoms with Crippen molar-refractivity contribution in [2.75, 3.05) is 7.11 Å². The SMILES string of the molecule is COC(=O)c1ccccc1-c1ccc2c3c1-c1ccccc1-c1cccc4ccc(c3c14)n2-c1ccc(-c2ccccc2)cc1. The number of nitrogens with zero attached hydrogens (tertiary/aromatic N) is 1. The number of carbonyl (C=O) groups is 1. The molecule has 1 heterocycles. The summed E-state index contributed by atoms with van der Waals surface area (Å²) in [5.74, 6) is -0.341.